The van der Waals surface area contributed by atoms with Gasteiger partial charge in [-0.1, -0.05) is 20.8 Å². The molecule has 0 amide bonds. The molecule has 1 N–H and O–H groups in total. The van der Waals surface area contributed by atoms with Crippen molar-refractivity contribution in [3.8, 4) is 0 Å². The second kappa shape index (κ2) is 3.65. The molecule has 0 bridgehead atoms. The van der Waals surface area contributed by atoms with Crippen molar-refractivity contribution in [1.29, 1.82) is 0 Å². The fourth-order valence-corrected chi connectivity index (χ4v) is 2.28. The summed E-state index contributed by atoms with van der Waals surface area (Å²) in [5, 5.41) is 3.17. The van der Waals surface area contributed by atoms with Crippen LogP contribution >= 0.6 is 0 Å². The molecule has 1 nitrogen and oxygen atoms in total. The van der Waals surface area contributed by atoms with E-state index in [0.717, 1.165) is 17.3 Å². The van der Waals surface area contributed by atoms with Crippen LogP contribution in [0.15, 0.2) is 18.2 Å². The van der Waals surface area contributed by atoms with Crippen molar-refractivity contribution in [3.05, 3.63) is 29.3 Å². The zero-order valence-electron chi connectivity index (χ0n) is 10.2. The molecule has 1 unspecified atom stereocenters. The first-order valence-electron chi connectivity index (χ1n) is 5.64. The Morgan fingerprint density at radius 3 is 2.35 bits per heavy atom. The van der Waals surface area contributed by atoms with Crippen molar-refractivity contribution < 1.29 is 13.2 Å². The predicted octanol–water partition coefficient (Wildman–Crippen LogP) is 4.26. The number of halogens is 3. The van der Waals surface area contributed by atoms with Gasteiger partial charge in [-0.25, -0.2) is 0 Å². The minimum Gasteiger partial charge on any atom is -0.384 e. The number of rotatable bonds is 0. The third kappa shape index (κ3) is 2.26. The van der Waals surface area contributed by atoms with Gasteiger partial charge in [0, 0.05) is 18.2 Å². The van der Waals surface area contributed by atoms with E-state index >= 15 is 0 Å². The molecule has 1 atom stereocenters. The molecule has 1 aromatic carbocycles. The fraction of sp³-hybridized carbons (Fsp3) is 0.538. The van der Waals surface area contributed by atoms with Gasteiger partial charge in [-0.2, -0.15) is 13.2 Å². The Balaban J connectivity index is 2.45. The van der Waals surface area contributed by atoms with E-state index in [4.69, 9.17) is 0 Å². The van der Waals surface area contributed by atoms with Crippen molar-refractivity contribution in [2.75, 3.05) is 11.9 Å². The number of benzene rings is 1. The van der Waals surface area contributed by atoms with E-state index in [1.807, 2.05) is 0 Å². The van der Waals surface area contributed by atoms with Crippen LogP contribution in [0.4, 0.5) is 18.9 Å². The van der Waals surface area contributed by atoms with Crippen LogP contribution in [-0.4, -0.2) is 6.54 Å². The Kier molecular flexibility index (Phi) is 2.64. The van der Waals surface area contributed by atoms with Crippen molar-refractivity contribution in [1.82, 2.24) is 0 Å². The second-order valence-electron chi connectivity index (χ2n) is 5.60. The van der Waals surface area contributed by atoms with Gasteiger partial charge in [0.1, 0.15) is 0 Å². The highest BCUT2D eigenvalue weighted by Crippen LogP contribution is 2.44. The van der Waals surface area contributed by atoms with Crippen LogP contribution in [0.3, 0.4) is 0 Å². The SMILES string of the molecule is CC(C)(C)C1CNc2ccc(C(F)(F)F)cc21. The highest BCUT2D eigenvalue weighted by molar-refractivity contribution is 5.59. The second-order valence-corrected chi connectivity index (χ2v) is 5.60. The van der Waals surface area contributed by atoms with E-state index in [-0.39, 0.29) is 11.3 Å². The van der Waals surface area contributed by atoms with Crippen LogP contribution in [0.2, 0.25) is 0 Å². The summed E-state index contributed by atoms with van der Waals surface area (Å²) in [6.45, 7) is 6.86. The molecule has 0 aliphatic carbocycles. The number of hydrogen-bond donors (Lipinski definition) is 1. The lowest BCUT2D eigenvalue weighted by Crippen LogP contribution is -2.20. The fourth-order valence-electron chi connectivity index (χ4n) is 2.28. The lowest BCUT2D eigenvalue weighted by Gasteiger charge is -2.27. The van der Waals surface area contributed by atoms with Crippen LogP contribution in [0.1, 0.15) is 37.8 Å². The van der Waals surface area contributed by atoms with Gasteiger partial charge >= 0.3 is 6.18 Å². The molecule has 1 aromatic rings. The zero-order valence-corrected chi connectivity index (χ0v) is 10.2. The van der Waals surface area contributed by atoms with Gasteiger partial charge in [0.15, 0.2) is 0 Å². The van der Waals surface area contributed by atoms with Gasteiger partial charge in [0.25, 0.3) is 0 Å². The summed E-state index contributed by atoms with van der Waals surface area (Å²) in [5.41, 5.74) is 1.02. The van der Waals surface area contributed by atoms with E-state index < -0.39 is 11.7 Å². The Morgan fingerprint density at radius 2 is 1.82 bits per heavy atom. The third-order valence-electron chi connectivity index (χ3n) is 3.30. The first-order chi connectivity index (χ1) is 7.69. The predicted molar refractivity (Wildman–Crippen MR) is 62.1 cm³/mol. The van der Waals surface area contributed by atoms with Crippen molar-refractivity contribution >= 4 is 5.69 Å². The number of nitrogens with one attached hydrogen (secondary N) is 1. The maximum absolute atomic E-state index is 12.7. The average molecular weight is 243 g/mol. The Labute approximate surface area is 99.0 Å². The summed E-state index contributed by atoms with van der Waals surface area (Å²) < 4.78 is 38.0. The molecule has 1 aliphatic heterocycles. The monoisotopic (exact) mass is 243 g/mol. The zero-order chi connectivity index (χ0) is 12.8. The lowest BCUT2D eigenvalue weighted by molar-refractivity contribution is -0.137. The number of alkyl halides is 3. The Hall–Kier alpha value is -1.19. The first-order valence-corrected chi connectivity index (χ1v) is 5.64. The van der Waals surface area contributed by atoms with Gasteiger partial charge < -0.3 is 5.32 Å². The molecule has 1 aliphatic rings. The van der Waals surface area contributed by atoms with E-state index in [1.54, 1.807) is 0 Å². The largest absolute Gasteiger partial charge is 0.416 e. The van der Waals surface area contributed by atoms with Crippen LogP contribution in [0, 0.1) is 5.41 Å². The minimum atomic E-state index is -4.26. The van der Waals surface area contributed by atoms with E-state index in [9.17, 15) is 13.2 Å². The Morgan fingerprint density at radius 1 is 1.18 bits per heavy atom. The standard InChI is InChI=1S/C13H16F3N/c1-12(2,3)10-7-17-11-5-4-8(6-9(10)11)13(14,15)16/h4-6,10,17H,7H2,1-3H3. The van der Waals surface area contributed by atoms with E-state index in [2.05, 4.69) is 26.1 Å². The van der Waals surface area contributed by atoms with Gasteiger partial charge in [0.2, 0.25) is 0 Å². The number of anilines is 1. The van der Waals surface area contributed by atoms with Gasteiger partial charge in [-0.15, -0.1) is 0 Å². The normalized spacial score (nSPS) is 20.0. The maximum atomic E-state index is 12.7. The lowest BCUT2D eigenvalue weighted by atomic mass is 9.77. The first kappa shape index (κ1) is 12.3. The summed E-state index contributed by atoms with van der Waals surface area (Å²) in [7, 11) is 0. The molecule has 4 heteroatoms. The Bertz CT molecular complexity index is 429. The molecular weight excluding hydrogens is 227 g/mol. The van der Waals surface area contributed by atoms with Crippen molar-refractivity contribution in [2.24, 2.45) is 5.41 Å². The molecule has 0 saturated heterocycles. The molecule has 0 fully saturated rings. The number of hydrogen-bond acceptors (Lipinski definition) is 1. The van der Waals surface area contributed by atoms with Gasteiger partial charge in [0.05, 0.1) is 5.56 Å². The van der Waals surface area contributed by atoms with Crippen molar-refractivity contribution in [3.63, 3.8) is 0 Å². The molecule has 2 rings (SSSR count). The third-order valence-corrected chi connectivity index (χ3v) is 3.30. The van der Waals surface area contributed by atoms with Crippen LogP contribution in [0.25, 0.3) is 0 Å². The highest BCUT2D eigenvalue weighted by Gasteiger charge is 2.36. The molecule has 0 aromatic heterocycles. The highest BCUT2D eigenvalue weighted by atomic mass is 19.4. The molecule has 1 heterocycles. The minimum absolute atomic E-state index is 0.0392. The van der Waals surface area contributed by atoms with Crippen LogP contribution in [0.5, 0.6) is 0 Å². The topological polar surface area (TPSA) is 12.0 Å². The van der Waals surface area contributed by atoms with E-state index in [1.165, 1.54) is 12.1 Å². The molecule has 94 valence electrons. The smallest absolute Gasteiger partial charge is 0.384 e. The summed E-state index contributed by atoms with van der Waals surface area (Å²) in [6, 6.07) is 3.95. The van der Waals surface area contributed by atoms with Crippen molar-refractivity contribution in [2.45, 2.75) is 32.9 Å². The molecule has 17 heavy (non-hydrogen) atoms. The van der Waals surface area contributed by atoms with E-state index in [0.29, 0.717) is 6.54 Å². The van der Waals surface area contributed by atoms with Gasteiger partial charge in [-0.05, 0) is 29.2 Å². The average Bonchev–Trinajstić information content (AvgIpc) is 2.57. The molecule has 0 spiro atoms. The van der Waals surface area contributed by atoms with Gasteiger partial charge in [-0.3, -0.25) is 0 Å². The summed E-state index contributed by atoms with van der Waals surface area (Å²) in [4.78, 5) is 0. The maximum Gasteiger partial charge on any atom is 0.416 e. The summed E-state index contributed by atoms with van der Waals surface area (Å²) in [5.74, 6) is 0.125. The van der Waals surface area contributed by atoms with Crippen LogP contribution in [-0.2, 0) is 6.18 Å². The van der Waals surface area contributed by atoms with Crippen LogP contribution < -0.4 is 5.32 Å². The summed E-state index contributed by atoms with van der Waals surface area (Å²) >= 11 is 0. The quantitative estimate of drug-likeness (QED) is 0.717. The molecule has 0 saturated carbocycles. The molecular formula is C13H16F3N. The summed E-state index contributed by atoms with van der Waals surface area (Å²) in [6.07, 6.45) is -4.26. The molecule has 0 radical (unpaired) electrons. The number of fused-ring (bicyclic) bond motifs is 1.